The number of aromatic nitrogens is 1. The molecule has 0 aliphatic carbocycles. The number of hydrogen-bond acceptors (Lipinski definition) is 7. The molecule has 1 aromatic heterocycles. The number of fused-ring (bicyclic) bond motifs is 1. The van der Waals surface area contributed by atoms with Crippen molar-refractivity contribution < 1.29 is 24.2 Å². The van der Waals surface area contributed by atoms with Crippen LogP contribution in [0.25, 0.3) is 16.0 Å². The van der Waals surface area contributed by atoms with Gasteiger partial charge in [0.25, 0.3) is 5.78 Å². The minimum atomic E-state index is -0.919. The van der Waals surface area contributed by atoms with Crippen molar-refractivity contribution >= 4 is 55.7 Å². The molecular formula is C27H21ClN2O5S. The number of nitrogens with zero attached hydrogens (tertiary/aromatic N) is 2. The molecule has 0 spiro atoms. The number of ether oxygens (including phenoxy) is 2. The minimum Gasteiger partial charge on any atom is -0.507 e. The predicted octanol–water partition coefficient (Wildman–Crippen LogP) is 5.98. The number of carbonyl (C=O) groups is 2. The number of aliphatic hydroxyl groups excluding tert-OH is 1. The van der Waals surface area contributed by atoms with E-state index >= 15 is 0 Å². The van der Waals surface area contributed by atoms with Crippen molar-refractivity contribution in [3.63, 3.8) is 0 Å². The van der Waals surface area contributed by atoms with Crippen LogP contribution in [0.2, 0.25) is 5.02 Å². The molecule has 182 valence electrons. The second kappa shape index (κ2) is 9.64. The molecule has 5 rings (SSSR count). The van der Waals surface area contributed by atoms with Crippen LogP contribution < -0.4 is 14.4 Å². The number of halogens is 1. The number of Topliss-reactive ketones (excluding diaryl/α,β-unsaturated/α-hetero) is 1. The van der Waals surface area contributed by atoms with Gasteiger partial charge in [-0.05, 0) is 67.1 Å². The second-order valence-corrected chi connectivity index (χ2v) is 9.46. The summed E-state index contributed by atoms with van der Waals surface area (Å²) >= 11 is 7.53. The van der Waals surface area contributed by atoms with Crippen molar-refractivity contribution in [2.45, 2.75) is 13.0 Å². The van der Waals surface area contributed by atoms with E-state index in [0.717, 1.165) is 4.70 Å². The van der Waals surface area contributed by atoms with E-state index in [9.17, 15) is 14.7 Å². The summed E-state index contributed by atoms with van der Waals surface area (Å²) in [5, 5.41) is 12.0. The van der Waals surface area contributed by atoms with E-state index in [1.54, 1.807) is 67.8 Å². The molecule has 0 unspecified atom stereocenters. The zero-order valence-corrected chi connectivity index (χ0v) is 21.0. The molecule has 0 saturated carbocycles. The summed E-state index contributed by atoms with van der Waals surface area (Å²) in [6, 6.07) is 18.0. The van der Waals surface area contributed by atoms with Crippen LogP contribution in [0.3, 0.4) is 0 Å². The lowest BCUT2D eigenvalue weighted by molar-refractivity contribution is -0.132. The Hall–Kier alpha value is -3.88. The van der Waals surface area contributed by atoms with Gasteiger partial charge < -0.3 is 14.6 Å². The van der Waals surface area contributed by atoms with Crippen LogP contribution in [0.1, 0.15) is 24.1 Å². The molecule has 1 aliphatic heterocycles. The first-order valence-electron chi connectivity index (χ1n) is 11.2. The minimum absolute atomic E-state index is 0.0386. The number of ketones is 1. The number of methoxy groups -OCH3 is 1. The van der Waals surface area contributed by atoms with Gasteiger partial charge in [0.05, 0.1) is 35.5 Å². The van der Waals surface area contributed by atoms with Crippen LogP contribution in [0.15, 0.2) is 72.3 Å². The Morgan fingerprint density at radius 3 is 2.53 bits per heavy atom. The van der Waals surface area contributed by atoms with Crippen molar-refractivity contribution in [1.29, 1.82) is 0 Å². The molecule has 3 aromatic carbocycles. The molecule has 1 atom stereocenters. The van der Waals surface area contributed by atoms with Crippen LogP contribution in [-0.4, -0.2) is 35.5 Å². The Kier molecular flexibility index (Phi) is 6.38. The van der Waals surface area contributed by atoms with E-state index in [1.807, 2.05) is 13.0 Å². The second-order valence-electron chi connectivity index (χ2n) is 8.01. The van der Waals surface area contributed by atoms with Gasteiger partial charge in [-0.2, -0.15) is 0 Å². The van der Waals surface area contributed by atoms with Gasteiger partial charge in [0.1, 0.15) is 17.3 Å². The Balaban J connectivity index is 1.68. The van der Waals surface area contributed by atoms with E-state index < -0.39 is 17.7 Å². The molecular weight excluding hydrogens is 500 g/mol. The molecule has 9 heteroatoms. The van der Waals surface area contributed by atoms with Crippen molar-refractivity contribution in [3.05, 3.63) is 88.5 Å². The van der Waals surface area contributed by atoms with Crippen LogP contribution in [0, 0.1) is 0 Å². The molecule has 1 saturated heterocycles. The topological polar surface area (TPSA) is 89.0 Å². The molecule has 0 bridgehead atoms. The zero-order valence-electron chi connectivity index (χ0n) is 19.4. The zero-order chi connectivity index (χ0) is 25.4. The number of anilines is 1. The first kappa shape index (κ1) is 23.8. The third-order valence-electron chi connectivity index (χ3n) is 5.84. The number of hydrogen-bond donors (Lipinski definition) is 1. The molecule has 2 heterocycles. The fraction of sp³-hybridized carbons (Fsp3) is 0.148. The maximum atomic E-state index is 13.4. The average Bonchev–Trinajstić information content (AvgIpc) is 3.42. The van der Waals surface area contributed by atoms with Crippen LogP contribution >= 0.6 is 22.9 Å². The van der Waals surface area contributed by atoms with E-state index in [2.05, 4.69) is 4.98 Å². The summed E-state index contributed by atoms with van der Waals surface area (Å²) in [5.41, 5.74) is 1.58. The molecule has 0 radical (unpaired) electrons. The average molecular weight is 521 g/mol. The summed E-state index contributed by atoms with van der Waals surface area (Å²) in [6.07, 6.45) is 0. The van der Waals surface area contributed by atoms with Gasteiger partial charge in [0, 0.05) is 10.6 Å². The Labute approximate surface area is 216 Å². The van der Waals surface area contributed by atoms with Gasteiger partial charge in [-0.25, -0.2) is 4.98 Å². The standard InChI is InChI=1S/C27H21ClN2O5S/c1-3-35-18-9-7-15(8-10-18)24(31)22-23(16-5-4-6-17(28)13-16)30(26(33)25(22)32)27-29-20-12-11-19(34-2)14-21(20)36-27/h4-14,23,31H,3H2,1-2H3/b24-22+/t23-/m1/s1. The summed E-state index contributed by atoms with van der Waals surface area (Å²) in [7, 11) is 1.57. The maximum Gasteiger partial charge on any atom is 0.301 e. The molecule has 4 aromatic rings. The lowest BCUT2D eigenvalue weighted by atomic mass is 9.95. The van der Waals surface area contributed by atoms with Gasteiger partial charge >= 0.3 is 5.91 Å². The van der Waals surface area contributed by atoms with Gasteiger partial charge in [-0.1, -0.05) is 35.1 Å². The number of rotatable bonds is 6. The maximum absolute atomic E-state index is 13.4. The third-order valence-corrected chi connectivity index (χ3v) is 7.09. The van der Waals surface area contributed by atoms with Crippen LogP contribution in [0.5, 0.6) is 11.5 Å². The van der Waals surface area contributed by atoms with Crippen molar-refractivity contribution in [2.75, 3.05) is 18.6 Å². The van der Waals surface area contributed by atoms with E-state index in [0.29, 0.717) is 44.9 Å². The molecule has 1 N–H and O–H groups in total. The van der Waals surface area contributed by atoms with Gasteiger partial charge in [-0.15, -0.1) is 0 Å². The number of thiazole rings is 1. The molecule has 1 amide bonds. The smallest absolute Gasteiger partial charge is 0.301 e. The molecule has 7 nitrogen and oxygen atoms in total. The highest BCUT2D eigenvalue weighted by Crippen LogP contribution is 2.45. The highest BCUT2D eigenvalue weighted by molar-refractivity contribution is 7.22. The Morgan fingerprint density at radius 2 is 1.83 bits per heavy atom. The first-order valence-corrected chi connectivity index (χ1v) is 12.3. The molecule has 1 aliphatic rings. The highest BCUT2D eigenvalue weighted by atomic mass is 35.5. The van der Waals surface area contributed by atoms with E-state index in [-0.39, 0.29) is 11.3 Å². The van der Waals surface area contributed by atoms with Gasteiger partial charge in [0.2, 0.25) is 0 Å². The van der Waals surface area contributed by atoms with Crippen LogP contribution in [0.4, 0.5) is 5.13 Å². The summed E-state index contributed by atoms with van der Waals surface area (Å²) < 4.78 is 11.6. The largest absolute Gasteiger partial charge is 0.507 e. The predicted molar refractivity (Wildman–Crippen MR) is 140 cm³/mol. The van der Waals surface area contributed by atoms with E-state index in [1.165, 1.54) is 16.2 Å². The number of benzene rings is 3. The number of aliphatic hydroxyl groups is 1. The van der Waals surface area contributed by atoms with Crippen molar-refractivity contribution in [1.82, 2.24) is 4.98 Å². The number of amides is 1. The van der Waals surface area contributed by atoms with Crippen molar-refractivity contribution in [3.8, 4) is 11.5 Å². The lowest BCUT2D eigenvalue weighted by Gasteiger charge is -2.23. The van der Waals surface area contributed by atoms with Crippen LogP contribution in [-0.2, 0) is 9.59 Å². The Bertz CT molecular complexity index is 1510. The molecule has 36 heavy (non-hydrogen) atoms. The number of carbonyl (C=O) groups excluding carboxylic acids is 2. The quantitative estimate of drug-likeness (QED) is 0.191. The first-order chi connectivity index (χ1) is 17.4. The monoisotopic (exact) mass is 520 g/mol. The Morgan fingerprint density at radius 1 is 1.08 bits per heavy atom. The van der Waals surface area contributed by atoms with Crippen molar-refractivity contribution in [2.24, 2.45) is 0 Å². The van der Waals surface area contributed by atoms with Gasteiger partial charge in [-0.3, -0.25) is 14.5 Å². The lowest BCUT2D eigenvalue weighted by Crippen LogP contribution is -2.29. The normalized spacial score (nSPS) is 17.1. The summed E-state index contributed by atoms with van der Waals surface area (Å²) in [6.45, 7) is 2.37. The fourth-order valence-electron chi connectivity index (χ4n) is 4.18. The summed E-state index contributed by atoms with van der Waals surface area (Å²) in [5.74, 6) is -0.583. The summed E-state index contributed by atoms with van der Waals surface area (Å²) in [4.78, 5) is 32.7. The van der Waals surface area contributed by atoms with E-state index in [4.69, 9.17) is 21.1 Å². The van der Waals surface area contributed by atoms with Gasteiger partial charge in [0.15, 0.2) is 5.13 Å². The highest BCUT2D eigenvalue weighted by Gasteiger charge is 2.48. The fourth-order valence-corrected chi connectivity index (χ4v) is 5.40. The third kappa shape index (κ3) is 4.19. The molecule has 1 fully saturated rings. The SMILES string of the molecule is CCOc1ccc(/C(O)=C2\C(=O)C(=O)N(c3nc4ccc(OC)cc4s3)[C@@H]2c2cccc(Cl)c2)cc1.